The van der Waals surface area contributed by atoms with Crippen molar-refractivity contribution in [3.63, 3.8) is 0 Å². The normalized spacial score (nSPS) is 12.2. The third kappa shape index (κ3) is 3.25. The predicted molar refractivity (Wildman–Crippen MR) is 76.8 cm³/mol. The maximum absolute atomic E-state index is 12.3. The van der Waals surface area contributed by atoms with Gasteiger partial charge in [-0.3, -0.25) is 0 Å². The van der Waals surface area contributed by atoms with Crippen LogP contribution in [0.1, 0.15) is 0 Å². The zero-order valence-corrected chi connectivity index (χ0v) is 12.8. The molecule has 12 heteroatoms. The zero-order valence-electron chi connectivity index (χ0n) is 10.4. The Balaban J connectivity index is 2.38. The van der Waals surface area contributed by atoms with Gasteiger partial charge in [-0.15, -0.1) is 0 Å². The lowest BCUT2D eigenvalue weighted by atomic mass is 10.3. The van der Waals surface area contributed by atoms with Gasteiger partial charge in [0, 0.05) is 0 Å². The summed E-state index contributed by atoms with van der Waals surface area (Å²) in [5.74, 6) is -0.609. The van der Waals surface area contributed by atoms with Gasteiger partial charge >= 0.3 is 15.6 Å². The quantitative estimate of drug-likeness (QED) is 0.489. The summed E-state index contributed by atoms with van der Waals surface area (Å²) in [6.07, 6.45) is 1.76. The average Bonchev–Trinajstić information content (AvgIpc) is 2.84. The number of nitrogens with zero attached hydrogens (tertiary/aromatic N) is 2. The van der Waals surface area contributed by atoms with E-state index in [0.717, 1.165) is 17.1 Å². The molecule has 0 saturated heterocycles. The van der Waals surface area contributed by atoms with Gasteiger partial charge in [0.15, 0.2) is 5.75 Å². The number of anilines is 1. The summed E-state index contributed by atoms with van der Waals surface area (Å²) in [7, 11) is -5.76. The fourth-order valence-electron chi connectivity index (χ4n) is 1.48. The fraction of sp³-hybridized carbons (Fsp3) is 0.100. The lowest BCUT2D eigenvalue weighted by Gasteiger charge is -2.10. The molecule has 0 aliphatic heterocycles. The van der Waals surface area contributed by atoms with Gasteiger partial charge in [-0.05, 0) is 12.1 Å². The molecular weight excluding hydrogens is 367 g/mol. The van der Waals surface area contributed by atoms with Crippen LogP contribution in [-0.2, 0) is 10.1 Å². The number of para-hydroxylation sites is 1. The SMILES string of the molecule is O=S(=O)(Oc1cnn(-c2c(Cl)cccc2NS)c1)C(F)(F)F. The second-order valence-corrected chi connectivity index (χ2v) is 6.02. The minimum atomic E-state index is -5.76. The first kappa shape index (κ1) is 16.8. The first-order chi connectivity index (χ1) is 10.2. The van der Waals surface area contributed by atoms with Crippen molar-refractivity contribution in [2.45, 2.75) is 5.51 Å². The maximum Gasteiger partial charge on any atom is 0.534 e. The molecule has 0 unspecified atom stereocenters. The molecule has 6 nitrogen and oxygen atoms in total. The molecular formula is C10H7ClF3N3O3S2. The largest absolute Gasteiger partial charge is 0.534 e. The number of alkyl halides is 3. The van der Waals surface area contributed by atoms with Crippen molar-refractivity contribution in [3.8, 4) is 11.4 Å². The highest BCUT2D eigenvalue weighted by Gasteiger charge is 2.48. The number of hydrogen-bond acceptors (Lipinski definition) is 6. The summed E-state index contributed by atoms with van der Waals surface area (Å²) in [6, 6.07) is 4.71. The van der Waals surface area contributed by atoms with Crippen LogP contribution in [0.2, 0.25) is 5.02 Å². The third-order valence-electron chi connectivity index (χ3n) is 2.38. The Morgan fingerprint density at radius 1 is 1.36 bits per heavy atom. The van der Waals surface area contributed by atoms with Crippen LogP contribution in [0.3, 0.4) is 0 Å². The summed E-state index contributed by atoms with van der Waals surface area (Å²) >= 11 is 9.85. The minimum Gasteiger partial charge on any atom is -0.373 e. The molecule has 0 amide bonds. The minimum absolute atomic E-state index is 0.215. The molecule has 0 atom stereocenters. The number of benzene rings is 1. The van der Waals surface area contributed by atoms with Crippen LogP contribution in [0.25, 0.3) is 5.69 Å². The second kappa shape index (κ2) is 5.89. The van der Waals surface area contributed by atoms with E-state index in [-0.39, 0.29) is 10.7 Å². The van der Waals surface area contributed by atoms with Crippen LogP contribution in [0.4, 0.5) is 18.9 Å². The molecule has 1 aromatic carbocycles. The van der Waals surface area contributed by atoms with E-state index in [4.69, 9.17) is 11.6 Å². The highest BCUT2D eigenvalue weighted by molar-refractivity contribution is 7.88. The molecule has 1 N–H and O–H groups in total. The third-order valence-corrected chi connectivity index (χ3v) is 3.91. The summed E-state index contributed by atoms with van der Waals surface area (Å²) in [5.41, 5.74) is -4.86. The number of thiol groups is 1. The van der Waals surface area contributed by atoms with Crippen molar-refractivity contribution in [1.29, 1.82) is 0 Å². The first-order valence-electron chi connectivity index (χ1n) is 5.40. The molecule has 0 radical (unpaired) electrons. The van der Waals surface area contributed by atoms with Crippen molar-refractivity contribution in [1.82, 2.24) is 9.78 Å². The van der Waals surface area contributed by atoms with E-state index in [1.165, 1.54) is 6.07 Å². The van der Waals surface area contributed by atoms with E-state index in [9.17, 15) is 21.6 Å². The Morgan fingerprint density at radius 2 is 2.05 bits per heavy atom. The van der Waals surface area contributed by atoms with Gasteiger partial charge in [-0.1, -0.05) is 30.5 Å². The first-order valence-corrected chi connectivity index (χ1v) is 7.63. The topological polar surface area (TPSA) is 73.2 Å². The average molecular weight is 374 g/mol. The molecule has 0 aliphatic rings. The van der Waals surface area contributed by atoms with E-state index in [1.807, 2.05) is 0 Å². The molecule has 2 aromatic rings. The van der Waals surface area contributed by atoms with E-state index in [1.54, 1.807) is 12.1 Å². The van der Waals surface area contributed by atoms with Gasteiger partial charge in [-0.2, -0.15) is 26.7 Å². The van der Waals surface area contributed by atoms with Crippen molar-refractivity contribution in [2.75, 3.05) is 4.72 Å². The standard InChI is InChI=1S/C10H7ClF3N3O3S2/c11-7-2-1-3-8(16-21)9(7)17-5-6(4-15-17)20-22(18,19)10(12,13)14/h1-5,16,21H. The van der Waals surface area contributed by atoms with E-state index in [0.29, 0.717) is 5.69 Å². The second-order valence-electron chi connectivity index (χ2n) is 3.85. The summed E-state index contributed by atoms with van der Waals surface area (Å²) in [5, 5.41) is 3.94. The molecule has 0 saturated carbocycles. The monoisotopic (exact) mass is 373 g/mol. The molecule has 1 aromatic heterocycles. The summed E-state index contributed by atoms with van der Waals surface area (Å²) in [6.45, 7) is 0. The lowest BCUT2D eigenvalue weighted by Crippen LogP contribution is -2.27. The van der Waals surface area contributed by atoms with E-state index >= 15 is 0 Å². The smallest absolute Gasteiger partial charge is 0.373 e. The van der Waals surface area contributed by atoms with Gasteiger partial charge in [0.1, 0.15) is 5.69 Å². The Morgan fingerprint density at radius 3 is 2.64 bits per heavy atom. The van der Waals surface area contributed by atoms with Crippen molar-refractivity contribution in [2.24, 2.45) is 0 Å². The predicted octanol–water partition coefficient (Wildman–Crippen LogP) is 3.01. The van der Waals surface area contributed by atoms with Crippen LogP contribution >= 0.6 is 24.4 Å². The lowest BCUT2D eigenvalue weighted by molar-refractivity contribution is -0.0500. The van der Waals surface area contributed by atoms with Gasteiger partial charge in [0.05, 0.1) is 23.1 Å². The number of nitrogens with one attached hydrogen (secondary N) is 1. The van der Waals surface area contributed by atoms with Crippen LogP contribution in [0, 0.1) is 0 Å². The van der Waals surface area contributed by atoms with Gasteiger partial charge in [0.2, 0.25) is 0 Å². The van der Waals surface area contributed by atoms with Crippen LogP contribution in [0.5, 0.6) is 5.75 Å². The maximum atomic E-state index is 12.3. The Hall–Kier alpha value is -1.59. The molecule has 0 spiro atoms. The van der Waals surface area contributed by atoms with Crippen molar-refractivity contribution >= 4 is 40.2 Å². The fourth-order valence-corrected chi connectivity index (χ4v) is 2.36. The number of rotatable bonds is 4. The molecule has 0 bridgehead atoms. The molecule has 1 heterocycles. The molecule has 120 valence electrons. The Kier molecular flexibility index (Phi) is 4.49. The number of halogens is 4. The Bertz CT molecular complexity index is 792. The van der Waals surface area contributed by atoms with Crippen LogP contribution in [-0.4, -0.2) is 23.7 Å². The van der Waals surface area contributed by atoms with Crippen molar-refractivity contribution in [3.05, 3.63) is 35.6 Å². The molecule has 2 rings (SSSR count). The van der Waals surface area contributed by atoms with Crippen molar-refractivity contribution < 1.29 is 25.8 Å². The number of aromatic nitrogens is 2. The number of hydrogen-bond donors (Lipinski definition) is 2. The van der Waals surface area contributed by atoms with E-state index < -0.39 is 21.4 Å². The van der Waals surface area contributed by atoms with Crippen LogP contribution < -0.4 is 8.91 Å². The van der Waals surface area contributed by atoms with Gasteiger partial charge in [-0.25, -0.2) is 4.68 Å². The highest BCUT2D eigenvalue weighted by atomic mass is 35.5. The summed E-state index contributed by atoms with van der Waals surface area (Å²) < 4.78 is 66.1. The molecule has 0 aliphatic carbocycles. The molecule has 22 heavy (non-hydrogen) atoms. The summed E-state index contributed by atoms with van der Waals surface area (Å²) in [4.78, 5) is 0. The Labute approximate surface area is 133 Å². The van der Waals surface area contributed by atoms with Gasteiger partial charge in [0.25, 0.3) is 0 Å². The van der Waals surface area contributed by atoms with Crippen LogP contribution in [0.15, 0.2) is 30.6 Å². The van der Waals surface area contributed by atoms with E-state index in [2.05, 4.69) is 26.8 Å². The van der Waals surface area contributed by atoms with Gasteiger partial charge < -0.3 is 8.91 Å². The molecule has 0 fully saturated rings. The zero-order chi connectivity index (χ0) is 16.5. The highest BCUT2D eigenvalue weighted by Crippen LogP contribution is 2.31.